The van der Waals surface area contributed by atoms with E-state index in [-0.39, 0.29) is 17.8 Å². The number of hydrogen-bond acceptors (Lipinski definition) is 5. The van der Waals surface area contributed by atoms with E-state index in [9.17, 15) is 4.79 Å². The summed E-state index contributed by atoms with van der Waals surface area (Å²) in [6, 6.07) is 9.69. The largest absolute Gasteiger partial charge is 0.369 e. The molecule has 0 aliphatic carbocycles. The third-order valence-electron chi connectivity index (χ3n) is 4.50. The van der Waals surface area contributed by atoms with E-state index in [1.807, 2.05) is 57.3 Å². The highest BCUT2D eigenvalue weighted by atomic mass is 16.2. The lowest BCUT2D eigenvalue weighted by Crippen LogP contribution is -2.29. The number of amides is 1. The minimum atomic E-state index is -0.285. The Hall–Kier alpha value is -3.22. The van der Waals surface area contributed by atoms with E-state index in [2.05, 4.69) is 30.8 Å². The van der Waals surface area contributed by atoms with E-state index in [1.54, 1.807) is 6.20 Å². The highest BCUT2D eigenvalue weighted by molar-refractivity contribution is 5.91. The molecule has 0 spiro atoms. The van der Waals surface area contributed by atoms with Crippen LogP contribution in [-0.2, 0) is 6.42 Å². The molecule has 1 aromatic carbocycles. The van der Waals surface area contributed by atoms with Crippen molar-refractivity contribution in [1.29, 1.82) is 0 Å². The smallest absolute Gasteiger partial charge is 0.289 e. The summed E-state index contributed by atoms with van der Waals surface area (Å²) in [5.74, 6) is 0.572. The van der Waals surface area contributed by atoms with E-state index in [0.29, 0.717) is 12.4 Å². The summed E-state index contributed by atoms with van der Waals surface area (Å²) in [5, 5.41) is 13.0. The molecule has 0 aliphatic rings. The molecule has 0 saturated heterocycles. The van der Waals surface area contributed by atoms with E-state index in [4.69, 9.17) is 0 Å². The van der Waals surface area contributed by atoms with E-state index >= 15 is 0 Å². The summed E-state index contributed by atoms with van der Waals surface area (Å²) < 4.78 is 0. The lowest BCUT2D eigenvalue weighted by Gasteiger charge is -2.15. The van der Waals surface area contributed by atoms with Crippen LogP contribution >= 0.6 is 0 Å². The van der Waals surface area contributed by atoms with Gasteiger partial charge in [0.1, 0.15) is 5.82 Å². The van der Waals surface area contributed by atoms with Gasteiger partial charge in [-0.25, -0.2) is 9.97 Å². The Morgan fingerprint density at radius 3 is 2.67 bits per heavy atom. The molecule has 7 nitrogen and oxygen atoms in total. The molecule has 140 valence electrons. The van der Waals surface area contributed by atoms with Crippen molar-refractivity contribution < 1.29 is 4.79 Å². The molecular weight excluding hydrogens is 340 g/mol. The second-order valence-electron chi connectivity index (χ2n) is 6.50. The van der Waals surface area contributed by atoms with Gasteiger partial charge in [0.25, 0.3) is 5.91 Å². The van der Waals surface area contributed by atoms with Gasteiger partial charge in [-0.1, -0.05) is 30.3 Å². The van der Waals surface area contributed by atoms with Gasteiger partial charge >= 0.3 is 0 Å². The van der Waals surface area contributed by atoms with Gasteiger partial charge in [-0.05, 0) is 38.3 Å². The predicted molar refractivity (Wildman–Crippen MR) is 105 cm³/mol. The Bertz CT molecular complexity index is 892. The van der Waals surface area contributed by atoms with E-state index < -0.39 is 0 Å². The second kappa shape index (κ2) is 8.44. The lowest BCUT2D eigenvalue weighted by molar-refractivity contribution is 0.0929. The van der Waals surface area contributed by atoms with Gasteiger partial charge in [0.15, 0.2) is 0 Å². The average Bonchev–Trinajstić information content (AvgIpc) is 3.19. The molecule has 3 aromatic rings. The maximum atomic E-state index is 12.6. The first-order valence-electron chi connectivity index (χ1n) is 8.97. The Balaban J connectivity index is 1.69. The highest BCUT2D eigenvalue weighted by Crippen LogP contribution is 2.16. The van der Waals surface area contributed by atoms with Crippen molar-refractivity contribution in [2.24, 2.45) is 0 Å². The SMILES string of the molecule is Cc1nc(C(=O)N[C@@H](C)c2ccccc2)nc(NCCc2cn[nH]c2)c1C. The molecule has 2 heterocycles. The number of aromatic amines is 1. The van der Waals surface area contributed by atoms with Gasteiger partial charge in [0, 0.05) is 24.0 Å². The fourth-order valence-electron chi connectivity index (χ4n) is 2.73. The summed E-state index contributed by atoms with van der Waals surface area (Å²) in [6.07, 6.45) is 4.47. The van der Waals surface area contributed by atoms with Gasteiger partial charge in [-0.2, -0.15) is 5.10 Å². The van der Waals surface area contributed by atoms with Crippen molar-refractivity contribution in [1.82, 2.24) is 25.5 Å². The monoisotopic (exact) mass is 364 g/mol. The van der Waals surface area contributed by atoms with Crippen LogP contribution < -0.4 is 10.6 Å². The minimum absolute atomic E-state index is 0.124. The normalized spacial score (nSPS) is 11.8. The molecule has 7 heteroatoms. The third-order valence-corrected chi connectivity index (χ3v) is 4.50. The molecule has 27 heavy (non-hydrogen) atoms. The van der Waals surface area contributed by atoms with Crippen molar-refractivity contribution in [3.63, 3.8) is 0 Å². The molecule has 0 radical (unpaired) electrons. The second-order valence-corrected chi connectivity index (χ2v) is 6.50. The van der Waals surface area contributed by atoms with Crippen LogP contribution in [0.3, 0.4) is 0 Å². The van der Waals surface area contributed by atoms with Gasteiger partial charge < -0.3 is 10.6 Å². The summed E-state index contributed by atoms with van der Waals surface area (Å²) in [7, 11) is 0. The van der Waals surface area contributed by atoms with Crippen LogP contribution in [0.15, 0.2) is 42.7 Å². The molecule has 3 N–H and O–H groups in total. The van der Waals surface area contributed by atoms with Crippen molar-refractivity contribution in [3.8, 4) is 0 Å². The number of anilines is 1. The van der Waals surface area contributed by atoms with E-state index in [1.165, 1.54) is 0 Å². The number of H-pyrrole nitrogens is 1. The first-order chi connectivity index (χ1) is 13.0. The fourth-order valence-corrected chi connectivity index (χ4v) is 2.73. The topological polar surface area (TPSA) is 95.6 Å². The lowest BCUT2D eigenvalue weighted by atomic mass is 10.1. The van der Waals surface area contributed by atoms with Crippen molar-refractivity contribution in [3.05, 3.63) is 70.9 Å². The number of rotatable bonds is 7. The predicted octanol–water partition coefficient (Wildman–Crippen LogP) is 2.96. The van der Waals surface area contributed by atoms with Gasteiger partial charge in [0.05, 0.1) is 12.2 Å². The van der Waals surface area contributed by atoms with Crippen LogP contribution in [0.5, 0.6) is 0 Å². The maximum absolute atomic E-state index is 12.6. The molecule has 3 rings (SSSR count). The molecule has 0 unspecified atom stereocenters. The Kier molecular flexibility index (Phi) is 5.80. The van der Waals surface area contributed by atoms with Crippen LogP contribution in [0.4, 0.5) is 5.82 Å². The minimum Gasteiger partial charge on any atom is -0.369 e. The molecular formula is C20H24N6O. The average molecular weight is 364 g/mol. The summed E-state index contributed by atoms with van der Waals surface area (Å²) in [6.45, 7) is 6.47. The molecule has 1 atom stereocenters. The van der Waals surface area contributed by atoms with Crippen LogP contribution in [0.25, 0.3) is 0 Å². The first kappa shape index (κ1) is 18.6. The molecule has 0 saturated carbocycles. The Labute approximate surface area is 158 Å². The standard InChI is InChI=1S/C20H24N6O/c1-13-14(2)24-19(20(27)25-15(3)17-7-5-4-6-8-17)26-18(13)21-10-9-16-11-22-23-12-16/h4-8,11-12,15H,9-10H2,1-3H3,(H,22,23)(H,25,27)(H,21,24,26)/t15-/m0/s1. The van der Waals surface area contributed by atoms with Crippen LogP contribution in [0, 0.1) is 13.8 Å². The van der Waals surface area contributed by atoms with Crippen LogP contribution in [0.1, 0.15) is 46.0 Å². The number of nitrogens with zero attached hydrogens (tertiary/aromatic N) is 3. The molecule has 0 fully saturated rings. The van der Waals surface area contributed by atoms with Gasteiger partial charge in [-0.3, -0.25) is 9.89 Å². The molecule has 0 bridgehead atoms. The third kappa shape index (κ3) is 4.69. The fraction of sp³-hybridized carbons (Fsp3) is 0.300. The summed E-state index contributed by atoms with van der Waals surface area (Å²) in [4.78, 5) is 21.4. The quantitative estimate of drug-likeness (QED) is 0.599. The number of aryl methyl sites for hydroxylation is 1. The van der Waals surface area contributed by atoms with E-state index in [0.717, 1.165) is 28.8 Å². The number of carbonyl (C=O) groups excluding carboxylic acids is 1. The van der Waals surface area contributed by atoms with Crippen LogP contribution in [-0.4, -0.2) is 32.6 Å². The molecule has 1 amide bonds. The van der Waals surface area contributed by atoms with Crippen molar-refractivity contribution >= 4 is 11.7 Å². The van der Waals surface area contributed by atoms with Crippen molar-refractivity contribution in [2.75, 3.05) is 11.9 Å². The van der Waals surface area contributed by atoms with Gasteiger partial charge in [0.2, 0.25) is 5.82 Å². The zero-order valence-electron chi connectivity index (χ0n) is 15.8. The van der Waals surface area contributed by atoms with Gasteiger partial charge in [-0.15, -0.1) is 0 Å². The zero-order valence-corrected chi connectivity index (χ0v) is 15.8. The number of carbonyl (C=O) groups is 1. The Morgan fingerprint density at radius 2 is 1.96 bits per heavy atom. The maximum Gasteiger partial charge on any atom is 0.289 e. The summed E-state index contributed by atoms with van der Waals surface area (Å²) in [5.41, 5.74) is 3.87. The Morgan fingerprint density at radius 1 is 1.19 bits per heavy atom. The number of benzene rings is 1. The molecule has 0 aliphatic heterocycles. The van der Waals surface area contributed by atoms with Crippen molar-refractivity contribution in [2.45, 2.75) is 33.2 Å². The summed E-state index contributed by atoms with van der Waals surface area (Å²) >= 11 is 0. The number of aromatic nitrogens is 4. The highest BCUT2D eigenvalue weighted by Gasteiger charge is 2.17. The molecule has 2 aromatic heterocycles. The van der Waals surface area contributed by atoms with Crippen LogP contribution in [0.2, 0.25) is 0 Å². The first-order valence-corrected chi connectivity index (χ1v) is 8.97. The zero-order chi connectivity index (χ0) is 19.2. The number of nitrogens with one attached hydrogen (secondary N) is 3. The number of hydrogen-bond donors (Lipinski definition) is 3.